The first-order valence-corrected chi connectivity index (χ1v) is 24.3. The maximum atomic E-state index is 17.1. The van der Waals surface area contributed by atoms with E-state index in [0.29, 0.717) is 70.2 Å². The molecule has 0 spiro atoms. The number of nitrogens with one attached hydrogen (secondary N) is 4. The van der Waals surface area contributed by atoms with Crippen molar-refractivity contribution in [3.8, 4) is 0 Å². The van der Waals surface area contributed by atoms with E-state index in [4.69, 9.17) is 14.5 Å². The van der Waals surface area contributed by atoms with E-state index >= 15 is 8.78 Å². The summed E-state index contributed by atoms with van der Waals surface area (Å²) in [6.07, 6.45) is 4.65. The number of hydrogen-bond acceptors (Lipinski definition) is 14. The van der Waals surface area contributed by atoms with Crippen molar-refractivity contribution in [2.75, 3.05) is 110 Å². The van der Waals surface area contributed by atoms with Gasteiger partial charge in [-0.2, -0.15) is 0 Å². The number of carbonyl (C=O) groups is 4. The highest BCUT2D eigenvalue weighted by Gasteiger charge is 2.42. The molecule has 4 amide bonds. The molecule has 18 nitrogen and oxygen atoms in total. The molecule has 2 aromatic carbocycles. The summed E-state index contributed by atoms with van der Waals surface area (Å²) in [5.74, 6) is -2.05. The van der Waals surface area contributed by atoms with Gasteiger partial charge in [-0.05, 0) is 80.3 Å². The van der Waals surface area contributed by atoms with Crippen molar-refractivity contribution in [1.29, 1.82) is 0 Å². The molecule has 10 rings (SSSR count). The molecule has 4 saturated heterocycles. The Morgan fingerprint density at radius 3 is 2.24 bits per heavy atom. The maximum Gasteiger partial charge on any atom is 0.260 e. The van der Waals surface area contributed by atoms with Gasteiger partial charge in [-0.3, -0.25) is 19.2 Å². The molecule has 6 aliphatic heterocycles. The third kappa shape index (κ3) is 9.52. The summed E-state index contributed by atoms with van der Waals surface area (Å²) >= 11 is 0. The number of halogens is 2. The van der Waals surface area contributed by atoms with Crippen molar-refractivity contribution in [2.24, 2.45) is 0 Å². The third-order valence-electron chi connectivity index (χ3n) is 14.3. The number of fused-ring (bicyclic) bond motifs is 2. The van der Waals surface area contributed by atoms with E-state index in [1.165, 1.54) is 12.2 Å². The van der Waals surface area contributed by atoms with Crippen molar-refractivity contribution in [1.82, 2.24) is 30.0 Å². The number of piperidine rings is 2. The fraction of sp³-hybridized carbons (Fsp3) is 0.412. The molecule has 71 heavy (non-hydrogen) atoms. The average Bonchev–Trinajstić information content (AvgIpc) is 3.98. The monoisotopic (exact) mass is 972 g/mol. The molecule has 0 radical (unpaired) electrons. The molecule has 6 aliphatic rings. The normalized spacial score (nSPS) is 21.1. The molecule has 4 N–H and O–H groups in total. The minimum Gasteiger partial charge on any atom is -0.378 e. The number of hydrogen-bond donors (Lipinski definition) is 4. The lowest BCUT2D eigenvalue weighted by atomic mass is 10.0. The van der Waals surface area contributed by atoms with Gasteiger partial charge in [-0.15, -0.1) is 0 Å². The number of likely N-dealkylation sites (N-methyl/N-ethyl adjacent to an activating group) is 1. The van der Waals surface area contributed by atoms with Crippen LogP contribution in [0.25, 0.3) is 0 Å². The molecule has 3 atom stereocenters. The Balaban J connectivity index is 0.895. The lowest BCUT2D eigenvalue weighted by Crippen LogP contribution is -2.51. The molecule has 8 heterocycles. The van der Waals surface area contributed by atoms with Gasteiger partial charge in [0.25, 0.3) is 11.8 Å². The van der Waals surface area contributed by atoms with Gasteiger partial charge in [0.1, 0.15) is 11.6 Å². The van der Waals surface area contributed by atoms with Gasteiger partial charge in [-0.1, -0.05) is 19.2 Å². The molecule has 20 heteroatoms. The van der Waals surface area contributed by atoms with Crippen LogP contribution >= 0.6 is 0 Å². The average molecular weight is 973 g/mol. The summed E-state index contributed by atoms with van der Waals surface area (Å²) in [4.78, 5) is 73.3. The Bertz CT molecular complexity index is 2760. The summed E-state index contributed by atoms with van der Waals surface area (Å²) < 4.78 is 44.9. The van der Waals surface area contributed by atoms with Crippen molar-refractivity contribution in [3.63, 3.8) is 0 Å². The number of amides is 4. The summed E-state index contributed by atoms with van der Waals surface area (Å²) in [6.45, 7) is 12.9. The smallest absolute Gasteiger partial charge is 0.260 e. The van der Waals surface area contributed by atoms with Crippen LogP contribution in [0.3, 0.4) is 0 Å². The lowest BCUT2D eigenvalue weighted by molar-refractivity contribution is -0.127. The first-order valence-electron chi connectivity index (χ1n) is 24.3. The van der Waals surface area contributed by atoms with Gasteiger partial charge in [0, 0.05) is 105 Å². The zero-order valence-electron chi connectivity index (χ0n) is 39.7. The molecular formula is C51H58F2N12O6. The molecule has 4 fully saturated rings. The molecular weight excluding hydrogens is 915 g/mol. The predicted octanol–water partition coefficient (Wildman–Crippen LogP) is 5.34. The molecule has 0 bridgehead atoms. The highest BCUT2D eigenvalue weighted by molar-refractivity contribution is 6.05. The number of ether oxygens (including phenoxy) is 2. The second-order valence-electron chi connectivity index (χ2n) is 18.6. The number of benzene rings is 2. The van der Waals surface area contributed by atoms with Crippen molar-refractivity contribution >= 4 is 69.6 Å². The standard InChI is InChI=1S/C51H58F2N12O6/c1-4-39(66)63-17-7-10-33(27-63)57-48-44(52)37-26-54-50(68)42(37)46(58-48)56-32-9-6-11-35(25-32)62-21-24-71-41(30-62)65-29-38-43(51(65)69)47(55-31-13-15-34(16-14-31)61-19-22-70-23-20-61)59-49(45(38)53)60(3)36-12-8-18-64(28-36)40(67)5-2/h4-6,9,11,13-16,25,33,36,41H,1-2,7-8,10,12,17-24,26-30H2,3H3,(H,54,68)(H,55,59)(H2,56,57,58). The number of likely N-dealkylation sites (tertiary alicyclic amines) is 2. The van der Waals surface area contributed by atoms with Crippen LogP contribution in [0, 0.1) is 11.6 Å². The first-order chi connectivity index (χ1) is 34.5. The zero-order chi connectivity index (χ0) is 49.3. The number of nitrogens with zero attached hydrogens (tertiary/aromatic N) is 8. The minimum atomic E-state index is -0.768. The van der Waals surface area contributed by atoms with E-state index in [1.807, 2.05) is 48.5 Å². The molecule has 372 valence electrons. The molecule has 3 unspecified atom stereocenters. The Morgan fingerprint density at radius 1 is 0.775 bits per heavy atom. The molecule has 0 aliphatic carbocycles. The third-order valence-corrected chi connectivity index (χ3v) is 14.3. The van der Waals surface area contributed by atoms with Gasteiger partial charge in [0.15, 0.2) is 29.5 Å². The van der Waals surface area contributed by atoms with Gasteiger partial charge in [0.2, 0.25) is 11.8 Å². The number of aromatic nitrogens is 2. The van der Waals surface area contributed by atoms with Crippen LogP contribution in [0.15, 0.2) is 73.8 Å². The number of morpholine rings is 2. The van der Waals surface area contributed by atoms with Crippen molar-refractivity contribution < 1.29 is 37.4 Å². The van der Waals surface area contributed by atoms with Crippen LogP contribution in [0.4, 0.5) is 54.8 Å². The predicted molar refractivity (Wildman–Crippen MR) is 265 cm³/mol. The molecule has 0 saturated carbocycles. The van der Waals surface area contributed by atoms with Gasteiger partial charge in [-0.25, -0.2) is 18.7 Å². The van der Waals surface area contributed by atoms with Crippen LogP contribution in [0.2, 0.25) is 0 Å². The summed E-state index contributed by atoms with van der Waals surface area (Å²) in [5, 5.41) is 12.5. The molecule has 2 aromatic heterocycles. The van der Waals surface area contributed by atoms with Crippen LogP contribution < -0.4 is 36.0 Å². The molecule has 4 aromatic rings. The van der Waals surface area contributed by atoms with E-state index in [-0.39, 0.29) is 95.7 Å². The fourth-order valence-electron chi connectivity index (χ4n) is 10.5. The van der Waals surface area contributed by atoms with E-state index in [9.17, 15) is 19.2 Å². The zero-order valence-corrected chi connectivity index (χ0v) is 39.7. The van der Waals surface area contributed by atoms with Gasteiger partial charge in [0.05, 0.1) is 44.0 Å². The van der Waals surface area contributed by atoms with E-state index < -0.39 is 29.7 Å². The lowest BCUT2D eigenvalue weighted by Gasteiger charge is -2.38. The fourth-order valence-corrected chi connectivity index (χ4v) is 10.5. The van der Waals surface area contributed by atoms with Crippen molar-refractivity contribution in [3.05, 3.63) is 108 Å². The minimum absolute atomic E-state index is 0.00141. The Labute approximate surface area is 410 Å². The van der Waals surface area contributed by atoms with Crippen LogP contribution in [0.5, 0.6) is 0 Å². The SMILES string of the molecule is C=CC(=O)N1CCCC(Nc2nc(Nc3cccc(N4CCOC(N5Cc6c(F)c(N(C)C7CCCN(C(=O)C=C)C7)nc(Nc7ccc(N8CCOCC8)cc7)c6C5=O)C4)c3)c3c(c2F)CNC3=O)C1. The highest BCUT2D eigenvalue weighted by atomic mass is 19.1. The number of rotatable bonds is 13. The van der Waals surface area contributed by atoms with Crippen LogP contribution in [-0.2, 0) is 32.2 Å². The quantitative estimate of drug-likeness (QED) is 0.126. The Hall–Kier alpha value is -7.32. The van der Waals surface area contributed by atoms with Crippen molar-refractivity contribution in [2.45, 2.75) is 57.1 Å². The second kappa shape index (κ2) is 20.2. The van der Waals surface area contributed by atoms with E-state index in [1.54, 1.807) is 26.6 Å². The van der Waals surface area contributed by atoms with Gasteiger partial charge >= 0.3 is 0 Å². The van der Waals surface area contributed by atoms with Crippen LogP contribution in [0.1, 0.15) is 57.5 Å². The van der Waals surface area contributed by atoms with Gasteiger partial charge < -0.3 is 60.1 Å². The summed E-state index contributed by atoms with van der Waals surface area (Å²) in [6, 6.07) is 14.8. The number of carbonyl (C=O) groups excluding carboxylic acids is 4. The Morgan fingerprint density at radius 2 is 1.48 bits per heavy atom. The Kier molecular flexibility index (Phi) is 13.5. The first kappa shape index (κ1) is 47.4. The largest absolute Gasteiger partial charge is 0.378 e. The topological polar surface area (TPSA) is 180 Å². The van der Waals surface area contributed by atoms with Crippen LogP contribution in [-0.4, -0.2) is 146 Å². The summed E-state index contributed by atoms with van der Waals surface area (Å²) in [5.41, 5.74) is 3.69. The summed E-state index contributed by atoms with van der Waals surface area (Å²) in [7, 11) is 1.77. The number of anilines is 8. The number of pyridine rings is 2. The maximum absolute atomic E-state index is 17.1. The second-order valence-corrected chi connectivity index (χ2v) is 18.6. The van der Waals surface area contributed by atoms with E-state index in [2.05, 4.69) is 49.2 Å². The highest BCUT2D eigenvalue weighted by Crippen LogP contribution is 2.40. The van der Waals surface area contributed by atoms with E-state index in [0.717, 1.165) is 37.3 Å².